The van der Waals surface area contributed by atoms with Crippen molar-refractivity contribution in [1.29, 1.82) is 0 Å². The minimum Gasteiger partial charge on any atom is -0.334 e. The molecule has 3 rings (SSSR count). The van der Waals surface area contributed by atoms with Gasteiger partial charge in [-0.15, -0.1) is 0 Å². The summed E-state index contributed by atoms with van der Waals surface area (Å²) in [5.41, 5.74) is 3.48. The van der Waals surface area contributed by atoms with Gasteiger partial charge in [-0.3, -0.25) is 0 Å². The topological polar surface area (TPSA) is 59.0 Å². The third-order valence-corrected chi connectivity index (χ3v) is 4.11. The van der Waals surface area contributed by atoms with E-state index in [1.807, 2.05) is 60.2 Å². The zero-order chi connectivity index (χ0) is 17.5. The number of nitrogens with zero attached hydrogens (tertiary/aromatic N) is 2. The molecule has 128 valence electrons. The molecule has 1 aromatic heterocycles. The number of carbonyl (C=O) groups is 1. The number of aryl methyl sites for hydroxylation is 1. The van der Waals surface area contributed by atoms with E-state index in [1.165, 1.54) is 11.1 Å². The molecular weight excluding hydrogens is 312 g/mol. The Morgan fingerprint density at radius 1 is 1.00 bits per heavy atom. The molecule has 25 heavy (non-hydrogen) atoms. The molecular formula is C20H22N4O. The van der Waals surface area contributed by atoms with Crippen molar-refractivity contribution >= 4 is 6.03 Å². The van der Waals surface area contributed by atoms with Crippen molar-refractivity contribution in [1.82, 2.24) is 20.2 Å². The van der Waals surface area contributed by atoms with Gasteiger partial charge in [0.05, 0.1) is 6.54 Å². The maximum Gasteiger partial charge on any atom is 0.315 e. The lowest BCUT2D eigenvalue weighted by molar-refractivity contribution is 0.239. The second kappa shape index (κ2) is 8.15. The van der Waals surface area contributed by atoms with E-state index in [2.05, 4.69) is 27.8 Å². The van der Waals surface area contributed by atoms with Crippen LogP contribution in [0.1, 0.15) is 22.5 Å². The molecule has 0 aliphatic carbocycles. The van der Waals surface area contributed by atoms with Gasteiger partial charge in [-0.25, -0.2) is 9.78 Å². The Morgan fingerprint density at radius 2 is 1.72 bits per heavy atom. The van der Waals surface area contributed by atoms with Crippen LogP contribution in [-0.2, 0) is 19.6 Å². The fourth-order valence-electron chi connectivity index (χ4n) is 2.64. The summed E-state index contributed by atoms with van der Waals surface area (Å²) in [5.74, 6) is 0.829. The molecule has 0 aliphatic heterocycles. The van der Waals surface area contributed by atoms with Crippen molar-refractivity contribution in [3.05, 3.63) is 89.5 Å². The van der Waals surface area contributed by atoms with Crippen LogP contribution in [-0.4, -0.2) is 15.6 Å². The lowest BCUT2D eigenvalue weighted by Crippen LogP contribution is -2.35. The fraction of sp³-hybridized carbons (Fsp3) is 0.200. The first-order valence-corrected chi connectivity index (χ1v) is 8.32. The molecule has 3 aromatic rings. The van der Waals surface area contributed by atoms with Gasteiger partial charge in [0.2, 0.25) is 0 Å². The number of amides is 2. The molecule has 0 unspecified atom stereocenters. The minimum absolute atomic E-state index is 0.197. The van der Waals surface area contributed by atoms with Crippen LogP contribution >= 0.6 is 0 Å². The van der Waals surface area contributed by atoms with Gasteiger partial charge in [0, 0.05) is 25.5 Å². The highest BCUT2D eigenvalue weighted by molar-refractivity contribution is 5.73. The maximum absolute atomic E-state index is 12.0. The fourth-order valence-corrected chi connectivity index (χ4v) is 2.64. The first kappa shape index (κ1) is 16.8. The summed E-state index contributed by atoms with van der Waals surface area (Å²) in [6.45, 7) is 3.67. The van der Waals surface area contributed by atoms with Gasteiger partial charge >= 0.3 is 6.03 Å². The van der Waals surface area contributed by atoms with Crippen molar-refractivity contribution in [2.75, 3.05) is 0 Å². The number of hydrogen-bond donors (Lipinski definition) is 2. The average Bonchev–Trinajstić information content (AvgIpc) is 3.07. The number of rotatable bonds is 6. The van der Waals surface area contributed by atoms with Gasteiger partial charge in [-0.05, 0) is 23.6 Å². The summed E-state index contributed by atoms with van der Waals surface area (Å²) in [6, 6.07) is 18.0. The third kappa shape index (κ3) is 4.70. The molecule has 0 spiro atoms. The van der Waals surface area contributed by atoms with Crippen molar-refractivity contribution in [2.24, 2.45) is 0 Å². The Balaban J connectivity index is 1.51. The Kier molecular flexibility index (Phi) is 5.46. The first-order chi connectivity index (χ1) is 12.2. The van der Waals surface area contributed by atoms with E-state index >= 15 is 0 Å². The smallest absolute Gasteiger partial charge is 0.315 e. The molecule has 0 fully saturated rings. The SMILES string of the molecule is Cc1ccccc1CNC(=O)NCc1nccn1Cc1ccccc1. The molecule has 0 bridgehead atoms. The normalized spacial score (nSPS) is 10.4. The van der Waals surface area contributed by atoms with Crippen LogP contribution in [0.5, 0.6) is 0 Å². The molecule has 2 aromatic carbocycles. The minimum atomic E-state index is -0.197. The largest absolute Gasteiger partial charge is 0.334 e. The van der Waals surface area contributed by atoms with Crippen molar-refractivity contribution < 1.29 is 4.79 Å². The summed E-state index contributed by atoms with van der Waals surface area (Å²) in [5, 5.41) is 5.75. The van der Waals surface area contributed by atoms with Gasteiger partial charge in [0.25, 0.3) is 0 Å². The van der Waals surface area contributed by atoms with Crippen molar-refractivity contribution in [3.8, 4) is 0 Å². The quantitative estimate of drug-likeness (QED) is 0.727. The summed E-state index contributed by atoms with van der Waals surface area (Å²) in [6.07, 6.45) is 3.68. The molecule has 0 saturated heterocycles. The maximum atomic E-state index is 12.0. The summed E-state index contributed by atoms with van der Waals surface area (Å²) >= 11 is 0. The zero-order valence-corrected chi connectivity index (χ0v) is 14.3. The average molecular weight is 334 g/mol. The standard InChI is InChI=1S/C20H22N4O/c1-16-7-5-6-10-18(16)13-22-20(25)23-14-19-21-11-12-24(19)15-17-8-3-2-4-9-17/h2-12H,13-15H2,1H3,(H2,22,23,25). The second-order valence-corrected chi connectivity index (χ2v) is 5.92. The van der Waals surface area contributed by atoms with Crippen LogP contribution in [0.4, 0.5) is 4.79 Å². The predicted octanol–water partition coefficient (Wildman–Crippen LogP) is 3.24. The molecule has 0 aliphatic rings. The van der Waals surface area contributed by atoms with Gasteiger partial charge < -0.3 is 15.2 Å². The van der Waals surface area contributed by atoms with Crippen LogP contribution in [0.2, 0.25) is 0 Å². The summed E-state index contributed by atoms with van der Waals surface area (Å²) < 4.78 is 2.04. The van der Waals surface area contributed by atoms with E-state index in [0.717, 1.165) is 17.9 Å². The van der Waals surface area contributed by atoms with Crippen LogP contribution in [0.25, 0.3) is 0 Å². The highest BCUT2D eigenvalue weighted by atomic mass is 16.2. The predicted molar refractivity (Wildman–Crippen MR) is 98.0 cm³/mol. The Bertz CT molecular complexity index is 826. The zero-order valence-electron chi connectivity index (χ0n) is 14.3. The number of benzene rings is 2. The van der Waals surface area contributed by atoms with E-state index in [1.54, 1.807) is 6.20 Å². The monoisotopic (exact) mass is 334 g/mol. The van der Waals surface area contributed by atoms with E-state index in [4.69, 9.17) is 0 Å². The van der Waals surface area contributed by atoms with Crippen molar-refractivity contribution in [3.63, 3.8) is 0 Å². The lowest BCUT2D eigenvalue weighted by Gasteiger charge is -2.11. The third-order valence-electron chi connectivity index (χ3n) is 4.11. The Hall–Kier alpha value is -3.08. The van der Waals surface area contributed by atoms with Gasteiger partial charge in [0.1, 0.15) is 5.82 Å². The molecule has 0 radical (unpaired) electrons. The Morgan fingerprint density at radius 3 is 2.52 bits per heavy atom. The number of carbonyl (C=O) groups excluding carboxylic acids is 1. The van der Waals surface area contributed by atoms with Gasteiger partial charge in [-0.1, -0.05) is 54.6 Å². The molecule has 0 atom stereocenters. The van der Waals surface area contributed by atoms with Crippen LogP contribution in [0, 0.1) is 6.92 Å². The molecule has 0 saturated carbocycles. The number of nitrogens with one attached hydrogen (secondary N) is 2. The second-order valence-electron chi connectivity index (χ2n) is 5.92. The van der Waals surface area contributed by atoms with Crippen LogP contribution in [0.3, 0.4) is 0 Å². The van der Waals surface area contributed by atoms with E-state index in [9.17, 15) is 4.79 Å². The summed E-state index contributed by atoms with van der Waals surface area (Å²) in [7, 11) is 0. The van der Waals surface area contributed by atoms with Gasteiger partial charge in [0.15, 0.2) is 0 Å². The first-order valence-electron chi connectivity index (χ1n) is 8.32. The Labute approximate surface area is 147 Å². The highest BCUT2D eigenvalue weighted by Gasteiger charge is 2.06. The van der Waals surface area contributed by atoms with Gasteiger partial charge in [-0.2, -0.15) is 0 Å². The number of aromatic nitrogens is 2. The lowest BCUT2D eigenvalue weighted by atomic mass is 10.1. The van der Waals surface area contributed by atoms with E-state index < -0.39 is 0 Å². The number of imidazole rings is 1. The molecule has 5 nitrogen and oxygen atoms in total. The van der Waals surface area contributed by atoms with E-state index in [0.29, 0.717) is 13.1 Å². The molecule has 1 heterocycles. The van der Waals surface area contributed by atoms with Crippen LogP contribution < -0.4 is 10.6 Å². The highest BCUT2D eigenvalue weighted by Crippen LogP contribution is 2.07. The molecule has 2 N–H and O–H groups in total. The van der Waals surface area contributed by atoms with Crippen molar-refractivity contribution in [2.45, 2.75) is 26.6 Å². The summed E-state index contributed by atoms with van der Waals surface area (Å²) in [4.78, 5) is 16.4. The number of urea groups is 1. The number of hydrogen-bond acceptors (Lipinski definition) is 2. The van der Waals surface area contributed by atoms with E-state index in [-0.39, 0.29) is 6.03 Å². The molecule has 5 heteroatoms. The van der Waals surface area contributed by atoms with Crippen LogP contribution in [0.15, 0.2) is 67.0 Å². The molecule has 2 amide bonds.